The van der Waals surface area contributed by atoms with Crippen LogP contribution in [-0.2, 0) is 6.42 Å². The van der Waals surface area contributed by atoms with Crippen LogP contribution in [0.1, 0.15) is 64.9 Å². The lowest BCUT2D eigenvalue weighted by Crippen LogP contribution is -2.19. The Balaban J connectivity index is 3.77. The Kier molecular flexibility index (Phi) is 6.01. The first-order valence-corrected chi connectivity index (χ1v) is 7.30. The number of Topliss-reactive ketones (excluding diaryl/α,β-unsaturated/α-hetero) is 2. The van der Waals surface area contributed by atoms with Gasteiger partial charge in [-0.25, -0.2) is 8.78 Å². The SMILES string of the molecule is CC(=O)c1c(C(F)F)nc(C)c(C(=O)CS)c1CC(C)C. The molecular formula is C15H19F2NO2S. The third kappa shape index (κ3) is 3.87. The van der Waals surface area contributed by atoms with Crippen LogP contribution in [0.5, 0.6) is 0 Å². The molecule has 0 saturated heterocycles. The second-order valence-electron chi connectivity index (χ2n) is 5.35. The molecular weight excluding hydrogens is 296 g/mol. The molecule has 0 atom stereocenters. The lowest BCUT2D eigenvalue weighted by atomic mass is 9.88. The fourth-order valence-corrected chi connectivity index (χ4v) is 2.56. The van der Waals surface area contributed by atoms with E-state index in [2.05, 4.69) is 17.6 Å². The van der Waals surface area contributed by atoms with Crippen LogP contribution in [0, 0.1) is 12.8 Å². The van der Waals surface area contributed by atoms with Crippen molar-refractivity contribution in [3.8, 4) is 0 Å². The highest BCUT2D eigenvalue weighted by Gasteiger charge is 2.28. The van der Waals surface area contributed by atoms with Crippen LogP contribution in [0.3, 0.4) is 0 Å². The number of pyridine rings is 1. The quantitative estimate of drug-likeness (QED) is 0.641. The number of carbonyl (C=O) groups excluding carboxylic acids is 2. The van der Waals surface area contributed by atoms with E-state index in [1.54, 1.807) is 0 Å². The van der Waals surface area contributed by atoms with Gasteiger partial charge in [0, 0.05) is 16.8 Å². The van der Waals surface area contributed by atoms with Gasteiger partial charge in [0.25, 0.3) is 6.43 Å². The molecule has 0 bridgehead atoms. The molecule has 6 heteroatoms. The summed E-state index contributed by atoms with van der Waals surface area (Å²) < 4.78 is 26.4. The van der Waals surface area contributed by atoms with Crippen molar-refractivity contribution in [1.82, 2.24) is 4.98 Å². The Hall–Kier alpha value is -1.30. The first kappa shape index (κ1) is 17.8. The summed E-state index contributed by atoms with van der Waals surface area (Å²) in [7, 11) is 0. The smallest absolute Gasteiger partial charge is 0.281 e. The Morgan fingerprint density at radius 2 is 1.81 bits per heavy atom. The zero-order valence-electron chi connectivity index (χ0n) is 12.5. The van der Waals surface area contributed by atoms with Crippen molar-refractivity contribution in [3.05, 3.63) is 28.1 Å². The van der Waals surface area contributed by atoms with E-state index in [9.17, 15) is 18.4 Å². The number of alkyl halides is 2. The minimum absolute atomic E-state index is 0.0566. The zero-order chi connectivity index (χ0) is 16.3. The minimum Gasteiger partial charge on any atom is -0.294 e. The van der Waals surface area contributed by atoms with Gasteiger partial charge in [0.2, 0.25) is 0 Å². The summed E-state index contributed by atoms with van der Waals surface area (Å²) in [6.45, 7) is 6.53. The number of thiol groups is 1. The normalized spacial score (nSPS) is 11.3. The lowest BCUT2D eigenvalue weighted by molar-refractivity contribution is 0.0993. The van der Waals surface area contributed by atoms with Crippen LogP contribution in [0.2, 0.25) is 0 Å². The van der Waals surface area contributed by atoms with Gasteiger partial charge in [-0.1, -0.05) is 13.8 Å². The molecule has 116 valence electrons. The summed E-state index contributed by atoms with van der Waals surface area (Å²) in [5.74, 6) is -0.746. The van der Waals surface area contributed by atoms with Crippen molar-refractivity contribution < 1.29 is 18.4 Å². The van der Waals surface area contributed by atoms with Crippen LogP contribution >= 0.6 is 12.6 Å². The standard InChI is InChI=1S/C15H19F2NO2S/c1-7(2)5-10-12(11(20)6-21)8(3)18-14(15(16)17)13(10)9(4)19/h7,15,21H,5-6H2,1-4H3. The molecule has 3 nitrogen and oxygen atoms in total. The average Bonchev–Trinajstić information content (AvgIpc) is 2.36. The first-order valence-electron chi connectivity index (χ1n) is 6.67. The summed E-state index contributed by atoms with van der Waals surface area (Å²) in [6.07, 6.45) is -2.49. The Morgan fingerprint density at radius 1 is 1.24 bits per heavy atom. The lowest BCUT2D eigenvalue weighted by Gasteiger charge is -2.19. The number of carbonyl (C=O) groups is 2. The van der Waals surface area contributed by atoms with Gasteiger partial charge in [0.05, 0.1) is 5.75 Å². The molecule has 1 heterocycles. The van der Waals surface area contributed by atoms with E-state index < -0.39 is 17.9 Å². The topological polar surface area (TPSA) is 47.0 Å². The molecule has 0 aromatic carbocycles. The molecule has 0 aliphatic rings. The van der Waals surface area contributed by atoms with Gasteiger partial charge >= 0.3 is 0 Å². The predicted molar refractivity (Wildman–Crippen MR) is 80.7 cm³/mol. The number of ketones is 2. The van der Waals surface area contributed by atoms with Gasteiger partial charge in [-0.3, -0.25) is 14.6 Å². The average molecular weight is 315 g/mol. The number of hydrogen-bond donors (Lipinski definition) is 1. The van der Waals surface area contributed by atoms with Gasteiger partial charge in [0.1, 0.15) is 5.69 Å². The van der Waals surface area contributed by atoms with Crippen molar-refractivity contribution in [2.75, 3.05) is 5.75 Å². The molecule has 1 aromatic heterocycles. The van der Waals surface area contributed by atoms with E-state index >= 15 is 0 Å². The molecule has 21 heavy (non-hydrogen) atoms. The zero-order valence-corrected chi connectivity index (χ0v) is 13.4. The highest BCUT2D eigenvalue weighted by Crippen LogP contribution is 2.30. The van der Waals surface area contributed by atoms with E-state index in [1.165, 1.54) is 13.8 Å². The molecule has 0 radical (unpaired) electrons. The summed E-state index contributed by atoms with van der Waals surface area (Å²) in [5.41, 5.74) is 0.207. The van der Waals surface area contributed by atoms with Crippen molar-refractivity contribution in [2.24, 2.45) is 5.92 Å². The predicted octanol–water partition coefficient (Wildman–Crippen LogP) is 3.84. The number of rotatable bonds is 6. The largest absolute Gasteiger partial charge is 0.294 e. The first-order chi connectivity index (χ1) is 9.70. The van der Waals surface area contributed by atoms with Crippen molar-refractivity contribution in [1.29, 1.82) is 0 Å². The third-order valence-electron chi connectivity index (χ3n) is 3.10. The number of nitrogens with zero attached hydrogens (tertiary/aromatic N) is 1. The van der Waals surface area contributed by atoms with Gasteiger partial charge < -0.3 is 0 Å². The molecule has 0 saturated carbocycles. The Bertz CT molecular complexity index is 571. The minimum atomic E-state index is -2.85. The van der Waals surface area contributed by atoms with Crippen LogP contribution in [-0.4, -0.2) is 22.3 Å². The molecule has 0 spiro atoms. The summed E-state index contributed by atoms with van der Waals surface area (Å²) in [6, 6.07) is 0. The molecule has 0 fully saturated rings. The van der Waals surface area contributed by atoms with Gasteiger partial charge in [-0.15, -0.1) is 0 Å². The number of halogens is 2. The van der Waals surface area contributed by atoms with Gasteiger partial charge in [-0.2, -0.15) is 12.6 Å². The molecule has 0 aliphatic carbocycles. The fourth-order valence-electron chi connectivity index (χ4n) is 2.40. The Labute approximate surface area is 128 Å². The summed E-state index contributed by atoms with van der Waals surface area (Å²) >= 11 is 3.95. The monoisotopic (exact) mass is 315 g/mol. The van der Waals surface area contributed by atoms with Gasteiger partial charge in [-0.05, 0) is 31.7 Å². The number of aromatic nitrogens is 1. The summed E-state index contributed by atoms with van der Waals surface area (Å²) in [4.78, 5) is 27.7. The van der Waals surface area contributed by atoms with E-state index in [4.69, 9.17) is 0 Å². The van der Waals surface area contributed by atoms with Crippen LogP contribution in [0.15, 0.2) is 0 Å². The van der Waals surface area contributed by atoms with Crippen molar-refractivity contribution in [3.63, 3.8) is 0 Å². The summed E-state index contributed by atoms with van der Waals surface area (Å²) in [5, 5.41) is 0. The second-order valence-corrected chi connectivity index (χ2v) is 5.66. The van der Waals surface area contributed by atoms with Crippen molar-refractivity contribution >= 4 is 24.2 Å². The van der Waals surface area contributed by atoms with E-state index in [0.29, 0.717) is 12.0 Å². The molecule has 0 amide bonds. The van der Waals surface area contributed by atoms with Gasteiger partial charge in [0.15, 0.2) is 11.6 Å². The second kappa shape index (κ2) is 7.11. The molecule has 1 aromatic rings. The van der Waals surface area contributed by atoms with Crippen LogP contribution < -0.4 is 0 Å². The fraction of sp³-hybridized carbons (Fsp3) is 0.533. The maximum absolute atomic E-state index is 13.2. The van der Waals surface area contributed by atoms with E-state index in [1.807, 2.05) is 13.8 Å². The maximum atomic E-state index is 13.2. The molecule has 0 N–H and O–H groups in total. The molecule has 0 aliphatic heterocycles. The molecule has 1 rings (SSSR count). The maximum Gasteiger partial charge on any atom is 0.281 e. The van der Waals surface area contributed by atoms with Crippen molar-refractivity contribution in [2.45, 2.75) is 40.5 Å². The number of aryl methyl sites for hydroxylation is 1. The molecule has 0 unspecified atom stereocenters. The van der Waals surface area contributed by atoms with E-state index in [-0.39, 0.29) is 34.3 Å². The van der Waals surface area contributed by atoms with E-state index in [0.717, 1.165) is 0 Å². The highest BCUT2D eigenvalue weighted by molar-refractivity contribution is 7.81. The Morgan fingerprint density at radius 3 is 2.19 bits per heavy atom. The third-order valence-corrected chi connectivity index (χ3v) is 3.39. The van der Waals surface area contributed by atoms with Crippen LogP contribution in [0.4, 0.5) is 8.78 Å². The number of hydrogen-bond acceptors (Lipinski definition) is 4. The van der Waals surface area contributed by atoms with Crippen LogP contribution in [0.25, 0.3) is 0 Å². The highest BCUT2D eigenvalue weighted by atomic mass is 32.1.